The standard InChI is InChI=1S/C11H11NO4/c13-6-10-12-8-5-7(1-2-9(8)16-10)11-14-3-4-15-11/h1-2,5-6,10-12H,3-4H2. The van der Waals surface area contributed by atoms with Crippen molar-refractivity contribution >= 4 is 12.0 Å². The van der Waals surface area contributed by atoms with Gasteiger partial charge in [0.2, 0.25) is 6.23 Å². The molecule has 0 amide bonds. The van der Waals surface area contributed by atoms with Gasteiger partial charge < -0.3 is 19.5 Å². The zero-order valence-corrected chi connectivity index (χ0v) is 8.51. The number of hydrogen-bond donors (Lipinski definition) is 1. The van der Waals surface area contributed by atoms with Gasteiger partial charge in [0, 0.05) is 5.56 Å². The third-order valence-electron chi connectivity index (χ3n) is 2.57. The highest BCUT2D eigenvalue weighted by Gasteiger charge is 2.24. The fraction of sp³-hybridized carbons (Fsp3) is 0.364. The van der Waals surface area contributed by atoms with Gasteiger partial charge >= 0.3 is 0 Å². The van der Waals surface area contributed by atoms with Crippen LogP contribution in [0.1, 0.15) is 11.9 Å². The number of ether oxygens (including phenoxy) is 3. The quantitative estimate of drug-likeness (QED) is 0.757. The van der Waals surface area contributed by atoms with E-state index in [4.69, 9.17) is 14.2 Å². The van der Waals surface area contributed by atoms with Crippen molar-refractivity contribution in [1.29, 1.82) is 0 Å². The molecule has 2 aliphatic heterocycles. The highest BCUT2D eigenvalue weighted by molar-refractivity contribution is 5.71. The van der Waals surface area contributed by atoms with E-state index >= 15 is 0 Å². The molecular formula is C11H11NO4. The van der Waals surface area contributed by atoms with Crippen LogP contribution in [0.5, 0.6) is 5.75 Å². The zero-order chi connectivity index (χ0) is 11.0. The number of benzene rings is 1. The summed E-state index contributed by atoms with van der Waals surface area (Å²) in [6.45, 7) is 1.23. The number of rotatable bonds is 2. The lowest BCUT2D eigenvalue weighted by Crippen LogP contribution is -2.20. The van der Waals surface area contributed by atoms with Crippen molar-refractivity contribution in [2.45, 2.75) is 12.5 Å². The molecule has 16 heavy (non-hydrogen) atoms. The first kappa shape index (κ1) is 9.62. The van der Waals surface area contributed by atoms with Crippen molar-refractivity contribution in [3.63, 3.8) is 0 Å². The highest BCUT2D eigenvalue weighted by Crippen LogP contribution is 2.35. The predicted molar refractivity (Wildman–Crippen MR) is 55.2 cm³/mol. The van der Waals surface area contributed by atoms with Crippen molar-refractivity contribution in [3.8, 4) is 5.75 Å². The van der Waals surface area contributed by atoms with Crippen LogP contribution in [0.25, 0.3) is 0 Å². The van der Waals surface area contributed by atoms with Gasteiger partial charge in [0.05, 0.1) is 18.9 Å². The lowest BCUT2D eigenvalue weighted by molar-refractivity contribution is -0.112. The van der Waals surface area contributed by atoms with Gasteiger partial charge in [0.1, 0.15) is 5.75 Å². The lowest BCUT2D eigenvalue weighted by atomic mass is 10.2. The van der Waals surface area contributed by atoms with E-state index in [0.717, 1.165) is 17.5 Å². The van der Waals surface area contributed by atoms with Gasteiger partial charge in [-0.15, -0.1) is 0 Å². The van der Waals surface area contributed by atoms with Crippen LogP contribution in [0.15, 0.2) is 18.2 Å². The number of carbonyl (C=O) groups excluding carboxylic acids is 1. The molecule has 5 heteroatoms. The van der Waals surface area contributed by atoms with Crippen LogP contribution in [-0.2, 0) is 14.3 Å². The smallest absolute Gasteiger partial charge is 0.226 e. The van der Waals surface area contributed by atoms with Crippen LogP contribution < -0.4 is 10.1 Å². The van der Waals surface area contributed by atoms with Gasteiger partial charge in [-0.25, -0.2) is 0 Å². The van der Waals surface area contributed by atoms with E-state index in [2.05, 4.69) is 5.32 Å². The molecule has 1 unspecified atom stereocenters. The van der Waals surface area contributed by atoms with Gasteiger partial charge in [-0.05, 0) is 12.1 Å². The van der Waals surface area contributed by atoms with Gasteiger partial charge in [-0.3, -0.25) is 4.79 Å². The molecule has 0 aliphatic carbocycles. The number of carbonyl (C=O) groups is 1. The Hall–Kier alpha value is -1.59. The normalized spacial score (nSPS) is 23.6. The molecule has 1 aromatic carbocycles. The first-order valence-corrected chi connectivity index (χ1v) is 5.12. The maximum absolute atomic E-state index is 10.6. The predicted octanol–water partition coefficient (Wildman–Crippen LogP) is 1.06. The van der Waals surface area contributed by atoms with Crippen molar-refractivity contribution in [1.82, 2.24) is 0 Å². The van der Waals surface area contributed by atoms with Crippen molar-refractivity contribution in [2.75, 3.05) is 18.5 Å². The average molecular weight is 221 g/mol. The number of anilines is 1. The SMILES string of the molecule is O=CC1Nc2cc(C3OCCO3)ccc2O1. The summed E-state index contributed by atoms with van der Waals surface area (Å²) in [4.78, 5) is 10.6. The maximum atomic E-state index is 10.6. The molecule has 1 atom stereocenters. The minimum Gasteiger partial charge on any atom is -0.461 e. The summed E-state index contributed by atoms with van der Waals surface area (Å²) in [6, 6.07) is 5.57. The number of hydrogen-bond acceptors (Lipinski definition) is 5. The average Bonchev–Trinajstić information content (AvgIpc) is 2.96. The molecule has 5 nitrogen and oxygen atoms in total. The molecule has 2 heterocycles. The van der Waals surface area contributed by atoms with Crippen LogP contribution in [0, 0.1) is 0 Å². The van der Waals surface area contributed by atoms with E-state index in [-0.39, 0.29) is 6.29 Å². The van der Waals surface area contributed by atoms with E-state index in [9.17, 15) is 4.79 Å². The van der Waals surface area contributed by atoms with Crippen LogP contribution in [-0.4, -0.2) is 25.7 Å². The second kappa shape index (κ2) is 3.77. The van der Waals surface area contributed by atoms with Gasteiger partial charge in [0.25, 0.3) is 0 Å². The van der Waals surface area contributed by atoms with E-state index in [1.807, 2.05) is 18.2 Å². The van der Waals surface area contributed by atoms with E-state index in [0.29, 0.717) is 19.0 Å². The Labute approximate surface area is 92.3 Å². The highest BCUT2D eigenvalue weighted by atomic mass is 16.7. The van der Waals surface area contributed by atoms with Gasteiger partial charge in [0.15, 0.2) is 12.6 Å². The van der Waals surface area contributed by atoms with Crippen LogP contribution >= 0.6 is 0 Å². The minimum absolute atomic E-state index is 0.303. The summed E-state index contributed by atoms with van der Waals surface area (Å²) in [5.74, 6) is 0.679. The third-order valence-corrected chi connectivity index (χ3v) is 2.57. The summed E-state index contributed by atoms with van der Waals surface area (Å²) in [6.07, 6.45) is -0.166. The Morgan fingerprint density at radius 1 is 1.31 bits per heavy atom. The van der Waals surface area contributed by atoms with Crippen LogP contribution in [0.2, 0.25) is 0 Å². The van der Waals surface area contributed by atoms with E-state index < -0.39 is 6.23 Å². The lowest BCUT2D eigenvalue weighted by Gasteiger charge is -2.09. The molecule has 0 radical (unpaired) electrons. The largest absolute Gasteiger partial charge is 0.461 e. The Kier molecular flexibility index (Phi) is 2.27. The van der Waals surface area contributed by atoms with Crippen molar-refractivity contribution in [2.24, 2.45) is 0 Å². The van der Waals surface area contributed by atoms with Gasteiger partial charge in [-0.1, -0.05) is 6.07 Å². The molecule has 0 saturated carbocycles. The summed E-state index contributed by atoms with van der Waals surface area (Å²) >= 11 is 0. The van der Waals surface area contributed by atoms with Crippen LogP contribution in [0.4, 0.5) is 5.69 Å². The summed E-state index contributed by atoms with van der Waals surface area (Å²) in [5, 5.41) is 2.95. The van der Waals surface area contributed by atoms with E-state index in [1.54, 1.807) is 0 Å². The molecule has 1 aromatic rings. The molecule has 84 valence electrons. The topological polar surface area (TPSA) is 56.8 Å². The van der Waals surface area contributed by atoms with Crippen LogP contribution in [0.3, 0.4) is 0 Å². The number of fused-ring (bicyclic) bond motifs is 1. The molecular weight excluding hydrogens is 210 g/mol. The molecule has 1 fully saturated rings. The first-order chi connectivity index (χ1) is 7.86. The summed E-state index contributed by atoms with van der Waals surface area (Å²) < 4.78 is 16.1. The zero-order valence-electron chi connectivity index (χ0n) is 8.51. The number of nitrogens with one attached hydrogen (secondary N) is 1. The Bertz CT molecular complexity index is 414. The minimum atomic E-state index is -0.587. The Balaban J connectivity index is 1.86. The second-order valence-electron chi connectivity index (χ2n) is 3.65. The van der Waals surface area contributed by atoms with E-state index in [1.165, 1.54) is 0 Å². The molecule has 3 rings (SSSR count). The fourth-order valence-corrected chi connectivity index (χ4v) is 1.84. The summed E-state index contributed by atoms with van der Waals surface area (Å²) in [5.41, 5.74) is 1.73. The second-order valence-corrected chi connectivity index (χ2v) is 3.65. The maximum Gasteiger partial charge on any atom is 0.226 e. The number of aldehydes is 1. The van der Waals surface area contributed by atoms with Crippen molar-refractivity contribution < 1.29 is 19.0 Å². The molecule has 1 N–H and O–H groups in total. The molecule has 0 aromatic heterocycles. The van der Waals surface area contributed by atoms with Crippen molar-refractivity contribution in [3.05, 3.63) is 23.8 Å². The monoisotopic (exact) mass is 221 g/mol. The van der Waals surface area contributed by atoms with Gasteiger partial charge in [-0.2, -0.15) is 0 Å². The molecule has 2 aliphatic rings. The third kappa shape index (κ3) is 1.54. The molecule has 0 bridgehead atoms. The fourth-order valence-electron chi connectivity index (χ4n) is 1.84. The summed E-state index contributed by atoms with van der Waals surface area (Å²) in [7, 11) is 0. The molecule has 1 saturated heterocycles. The Morgan fingerprint density at radius 3 is 2.88 bits per heavy atom. The molecule has 0 spiro atoms. The first-order valence-electron chi connectivity index (χ1n) is 5.12. The Morgan fingerprint density at radius 2 is 2.12 bits per heavy atom.